The number of likely N-dealkylation sites (N-methyl/N-ethyl adjacent to an activating group) is 2. The highest BCUT2D eigenvalue weighted by Gasteiger charge is 2.29. The number of nitrogens with two attached hydrogens (primary N) is 1. The van der Waals surface area contributed by atoms with Crippen LogP contribution in [0.25, 0.3) is 0 Å². The number of likely N-dealkylation sites (tertiary alicyclic amines) is 1. The first-order valence-electron chi connectivity index (χ1n) is 8.25. The second kappa shape index (κ2) is 7.38. The summed E-state index contributed by atoms with van der Waals surface area (Å²) in [6.45, 7) is 7.90. The zero-order valence-corrected chi connectivity index (χ0v) is 14.0. The van der Waals surface area contributed by atoms with E-state index in [-0.39, 0.29) is 12.1 Å². The van der Waals surface area contributed by atoms with Gasteiger partial charge < -0.3 is 5.73 Å². The van der Waals surface area contributed by atoms with Crippen LogP contribution in [0.1, 0.15) is 44.7 Å². The molecular formula is C16H31N5. The molecule has 1 fully saturated rings. The summed E-state index contributed by atoms with van der Waals surface area (Å²) in [5, 5.41) is 4.32. The van der Waals surface area contributed by atoms with Gasteiger partial charge in [0.2, 0.25) is 0 Å². The third kappa shape index (κ3) is 3.84. The van der Waals surface area contributed by atoms with E-state index in [1.165, 1.54) is 24.9 Å². The van der Waals surface area contributed by atoms with E-state index >= 15 is 0 Å². The van der Waals surface area contributed by atoms with Crippen molar-refractivity contribution >= 4 is 0 Å². The van der Waals surface area contributed by atoms with Crippen molar-refractivity contribution in [3.8, 4) is 0 Å². The van der Waals surface area contributed by atoms with Crippen LogP contribution in [-0.2, 0) is 7.05 Å². The van der Waals surface area contributed by atoms with Gasteiger partial charge in [-0.3, -0.25) is 14.5 Å². The molecule has 1 aliphatic heterocycles. The highest BCUT2D eigenvalue weighted by Crippen LogP contribution is 2.26. The van der Waals surface area contributed by atoms with Gasteiger partial charge in [-0.25, -0.2) is 0 Å². The maximum atomic E-state index is 6.41. The van der Waals surface area contributed by atoms with Crippen LogP contribution in [0.15, 0.2) is 12.4 Å². The van der Waals surface area contributed by atoms with Crippen LogP contribution in [0.3, 0.4) is 0 Å². The normalized spacial score (nSPS) is 22.9. The van der Waals surface area contributed by atoms with E-state index in [0.29, 0.717) is 6.04 Å². The molecule has 1 saturated heterocycles. The molecule has 3 atom stereocenters. The molecule has 0 amide bonds. The van der Waals surface area contributed by atoms with Gasteiger partial charge in [0.1, 0.15) is 0 Å². The summed E-state index contributed by atoms with van der Waals surface area (Å²) in [5.41, 5.74) is 7.64. The first-order valence-corrected chi connectivity index (χ1v) is 8.25. The molecule has 0 spiro atoms. The Morgan fingerprint density at radius 2 is 2.24 bits per heavy atom. The third-order valence-electron chi connectivity index (χ3n) is 4.82. The fourth-order valence-corrected chi connectivity index (χ4v) is 3.61. The number of aromatic nitrogens is 2. The Morgan fingerprint density at radius 3 is 2.81 bits per heavy atom. The summed E-state index contributed by atoms with van der Waals surface area (Å²) in [6.07, 6.45) is 7.67. The highest BCUT2D eigenvalue weighted by molar-refractivity contribution is 5.13. The largest absolute Gasteiger partial charge is 0.326 e. The van der Waals surface area contributed by atoms with E-state index in [1.807, 2.05) is 17.9 Å². The van der Waals surface area contributed by atoms with Crippen LogP contribution in [0, 0.1) is 0 Å². The Labute approximate surface area is 129 Å². The molecule has 0 radical (unpaired) electrons. The van der Waals surface area contributed by atoms with Crippen LogP contribution >= 0.6 is 0 Å². The van der Waals surface area contributed by atoms with Gasteiger partial charge in [-0.05, 0) is 39.4 Å². The Morgan fingerprint density at radius 1 is 1.48 bits per heavy atom. The van der Waals surface area contributed by atoms with Crippen molar-refractivity contribution in [2.75, 3.05) is 26.7 Å². The molecule has 0 aliphatic carbocycles. The van der Waals surface area contributed by atoms with E-state index in [0.717, 1.165) is 19.5 Å². The van der Waals surface area contributed by atoms with Gasteiger partial charge >= 0.3 is 0 Å². The topological polar surface area (TPSA) is 50.3 Å². The smallest absolute Gasteiger partial charge is 0.0538 e. The Hall–Kier alpha value is -0.910. The van der Waals surface area contributed by atoms with Crippen molar-refractivity contribution in [1.29, 1.82) is 0 Å². The quantitative estimate of drug-likeness (QED) is 0.830. The Kier molecular flexibility index (Phi) is 5.79. The zero-order valence-electron chi connectivity index (χ0n) is 14.0. The molecule has 5 heteroatoms. The van der Waals surface area contributed by atoms with Gasteiger partial charge in [-0.2, -0.15) is 5.10 Å². The van der Waals surface area contributed by atoms with Gasteiger partial charge in [0.15, 0.2) is 0 Å². The minimum atomic E-state index is 0.149. The van der Waals surface area contributed by atoms with E-state index in [4.69, 9.17) is 5.73 Å². The van der Waals surface area contributed by atoms with Crippen molar-refractivity contribution in [2.24, 2.45) is 12.8 Å². The van der Waals surface area contributed by atoms with Crippen molar-refractivity contribution < 1.29 is 0 Å². The van der Waals surface area contributed by atoms with Crippen LogP contribution in [-0.4, -0.2) is 58.3 Å². The molecule has 0 saturated carbocycles. The minimum absolute atomic E-state index is 0.149. The van der Waals surface area contributed by atoms with Crippen LogP contribution in [0.5, 0.6) is 0 Å². The average Bonchev–Trinajstić information content (AvgIpc) is 3.08. The molecule has 2 N–H and O–H groups in total. The van der Waals surface area contributed by atoms with E-state index in [9.17, 15) is 0 Å². The lowest BCUT2D eigenvalue weighted by Crippen LogP contribution is -2.45. The summed E-state index contributed by atoms with van der Waals surface area (Å²) in [5.74, 6) is 0. The fourth-order valence-electron chi connectivity index (χ4n) is 3.61. The number of hydrogen-bond donors (Lipinski definition) is 1. The van der Waals surface area contributed by atoms with Crippen molar-refractivity contribution in [3.63, 3.8) is 0 Å². The molecule has 1 aromatic heterocycles. The lowest BCUT2D eigenvalue weighted by Gasteiger charge is -2.35. The molecule has 1 aromatic rings. The predicted octanol–water partition coefficient (Wildman–Crippen LogP) is 1.61. The summed E-state index contributed by atoms with van der Waals surface area (Å²) in [7, 11) is 4.17. The monoisotopic (exact) mass is 293 g/mol. The van der Waals surface area contributed by atoms with Crippen molar-refractivity contribution in [2.45, 2.75) is 51.2 Å². The molecule has 0 aromatic carbocycles. The number of hydrogen-bond acceptors (Lipinski definition) is 4. The molecular weight excluding hydrogens is 262 g/mol. The lowest BCUT2D eigenvalue weighted by molar-refractivity contribution is 0.147. The lowest BCUT2D eigenvalue weighted by atomic mass is 9.98. The van der Waals surface area contributed by atoms with E-state index in [1.54, 1.807) is 0 Å². The number of nitrogens with zero attached hydrogens (tertiary/aromatic N) is 4. The van der Waals surface area contributed by atoms with Gasteiger partial charge in [-0.15, -0.1) is 0 Å². The molecule has 120 valence electrons. The van der Waals surface area contributed by atoms with E-state index in [2.05, 4.69) is 42.0 Å². The van der Waals surface area contributed by atoms with Crippen LogP contribution in [0.2, 0.25) is 0 Å². The fraction of sp³-hybridized carbons (Fsp3) is 0.812. The van der Waals surface area contributed by atoms with Crippen molar-refractivity contribution in [1.82, 2.24) is 19.6 Å². The Bertz CT molecular complexity index is 430. The summed E-state index contributed by atoms with van der Waals surface area (Å²) in [6, 6.07) is 1.07. The zero-order chi connectivity index (χ0) is 15.4. The highest BCUT2D eigenvalue weighted by atomic mass is 15.3. The first kappa shape index (κ1) is 16.5. The number of aryl methyl sites for hydroxylation is 1. The van der Waals surface area contributed by atoms with Crippen LogP contribution in [0.4, 0.5) is 0 Å². The Balaban J connectivity index is 2.09. The summed E-state index contributed by atoms with van der Waals surface area (Å²) < 4.78 is 1.87. The summed E-state index contributed by atoms with van der Waals surface area (Å²) in [4.78, 5) is 5.03. The second-order valence-electron chi connectivity index (χ2n) is 6.33. The predicted molar refractivity (Wildman–Crippen MR) is 87.1 cm³/mol. The summed E-state index contributed by atoms with van der Waals surface area (Å²) >= 11 is 0. The average molecular weight is 293 g/mol. The standard InChI is InChI=1S/C16H31N5/c1-5-15(17)16(13-10-18-20(4)11-13)19(3)12-14-8-7-9-21(14)6-2/h10-11,14-16H,5-9,12,17H2,1-4H3. The molecule has 21 heavy (non-hydrogen) atoms. The third-order valence-corrected chi connectivity index (χ3v) is 4.82. The minimum Gasteiger partial charge on any atom is -0.326 e. The molecule has 3 unspecified atom stereocenters. The molecule has 1 aliphatic rings. The molecule has 2 rings (SSSR count). The van der Waals surface area contributed by atoms with Gasteiger partial charge in [0, 0.05) is 37.4 Å². The molecule has 5 nitrogen and oxygen atoms in total. The molecule has 0 bridgehead atoms. The number of rotatable bonds is 7. The maximum Gasteiger partial charge on any atom is 0.0538 e. The first-order chi connectivity index (χ1) is 10.1. The van der Waals surface area contributed by atoms with Crippen LogP contribution < -0.4 is 5.73 Å². The van der Waals surface area contributed by atoms with E-state index < -0.39 is 0 Å². The molecule has 2 heterocycles. The SMILES string of the molecule is CCC(N)C(c1cnn(C)c1)N(C)CC1CCCN1CC. The van der Waals surface area contributed by atoms with Gasteiger partial charge in [0.25, 0.3) is 0 Å². The van der Waals surface area contributed by atoms with Crippen molar-refractivity contribution in [3.05, 3.63) is 18.0 Å². The van der Waals surface area contributed by atoms with Gasteiger partial charge in [0.05, 0.1) is 12.2 Å². The maximum absolute atomic E-state index is 6.41. The second-order valence-corrected chi connectivity index (χ2v) is 6.33. The van der Waals surface area contributed by atoms with Gasteiger partial charge in [-0.1, -0.05) is 13.8 Å².